The lowest BCUT2D eigenvalue weighted by molar-refractivity contribution is 0.112. The van der Waals surface area contributed by atoms with Crippen LogP contribution in [-0.2, 0) is 17.6 Å². The van der Waals surface area contributed by atoms with Crippen LogP contribution in [0.5, 0.6) is 0 Å². The predicted molar refractivity (Wildman–Crippen MR) is 49.4 cm³/mol. The summed E-state index contributed by atoms with van der Waals surface area (Å²) in [5.41, 5.74) is 4.29. The molecule has 0 aliphatic heterocycles. The van der Waals surface area contributed by atoms with Crippen molar-refractivity contribution < 1.29 is 4.74 Å². The number of aryl methyl sites for hydroxylation is 1. The first-order valence-corrected chi connectivity index (χ1v) is 4.41. The summed E-state index contributed by atoms with van der Waals surface area (Å²) in [7, 11) is 1.80. The van der Waals surface area contributed by atoms with E-state index in [4.69, 9.17) is 4.74 Å². The second kappa shape index (κ2) is 2.91. The van der Waals surface area contributed by atoms with E-state index in [-0.39, 0.29) is 0 Å². The molecule has 1 nitrogen and oxygen atoms in total. The molecular formula is C11H14O. The molecule has 2 rings (SSSR count). The Bertz CT molecular complexity index is 291. The summed E-state index contributed by atoms with van der Waals surface area (Å²) in [4.78, 5) is 0. The SMILES string of the molecule is COC1Cc2ccc(C)cc2C1. The Hall–Kier alpha value is -0.820. The van der Waals surface area contributed by atoms with Gasteiger partial charge in [-0.25, -0.2) is 0 Å². The van der Waals surface area contributed by atoms with Crippen molar-refractivity contribution in [3.8, 4) is 0 Å². The van der Waals surface area contributed by atoms with E-state index in [9.17, 15) is 0 Å². The van der Waals surface area contributed by atoms with Crippen molar-refractivity contribution in [1.29, 1.82) is 0 Å². The number of benzene rings is 1. The largest absolute Gasteiger partial charge is 0.381 e. The minimum absolute atomic E-state index is 0.418. The highest BCUT2D eigenvalue weighted by molar-refractivity contribution is 5.36. The highest BCUT2D eigenvalue weighted by atomic mass is 16.5. The summed E-state index contributed by atoms with van der Waals surface area (Å²) in [6.45, 7) is 2.14. The van der Waals surface area contributed by atoms with Gasteiger partial charge in [0.1, 0.15) is 0 Å². The van der Waals surface area contributed by atoms with Crippen LogP contribution >= 0.6 is 0 Å². The normalized spacial score (nSPS) is 21.0. The summed E-state index contributed by atoms with van der Waals surface area (Å²) >= 11 is 0. The lowest BCUT2D eigenvalue weighted by Gasteiger charge is -2.03. The van der Waals surface area contributed by atoms with Gasteiger partial charge in [-0.2, -0.15) is 0 Å². The van der Waals surface area contributed by atoms with Crippen molar-refractivity contribution in [3.63, 3.8) is 0 Å². The van der Waals surface area contributed by atoms with Crippen LogP contribution in [0.3, 0.4) is 0 Å². The Balaban J connectivity index is 2.30. The highest BCUT2D eigenvalue weighted by Crippen LogP contribution is 2.24. The molecule has 1 aromatic rings. The van der Waals surface area contributed by atoms with Gasteiger partial charge in [0.2, 0.25) is 0 Å². The Labute approximate surface area is 73.4 Å². The molecule has 64 valence electrons. The van der Waals surface area contributed by atoms with Gasteiger partial charge in [0, 0.05) is 7.11 Å². The molecule has 0 saturated heterocycles. The van der Waals surface area contributed by atoms with E-state index in [1.165, 1.54) is 16.7 Å². The van der Waals surface area contributed by atoms with Gasteiger partial charge in [0.15, 0.2) is 0 Å². The third-order valence-corrected chi connectivity index (χ3v) is 2.59. The minimum Gasteiger partial charge on any atom is -0.381 e. The second-order valence-corrected chi connectivity index (χ2v) is 3.54. The van der Waals surface area contributed by atoms with Crippen LogP contribution < -0.4 is 0 Å². The molecule has 0 amide bonds. The molecule has 0 radical (unpaired) electrons. The van der Waals surface area contributed by atoms with Gasteiger partial charge in [-0.1, -0.05) is 23.8 Å². The van der Waals surface area contributed by atoms with Crippen molar-refractivity contribution in [1.82, 2.24) is 0 Å². The maximum Gasteiger partial charge on any atom is 0.0652 e. The summed E-state index contributed by atoms with van der Waals surface area (Å²) in [6, 6.07) is 6.68. The summed E-state index contributed by atoms with van der Waals surface area (Å²) in [5, 5.41) is 0. The standard InChI is InChI=1S/C11H14O/c1-8-3-4-9-6-11(12-2)7-10(9)5-8/h3-5,11H,6-7H2,1-2H3. The van der Waals surface area contributed by atoms with Crippen LogP contribution in [0.1, 0.15) is 16.7 Å². The quantitative estimate of drug-likeness (QED) is 0.614. The van der Waals surface area contributed by atoms with Crippen molar-refractivity contribution in [2.24, 2.45) is 0 Å². The van der Waals surface area contributed by atoms with Crippen LogP contribution in [0, 0.1) is 6.92 Å². The molecule has 1 aliphatic rings. The fraction of sp³-hybridized carbons (Fsp3) is 0.455. The van der Waals surface area contributed by atoms with Gasteiger partial charge < -0.3 is 4.74 Å². The van der Waals surface area contributed by atoms with Crippen molar-refractivity contribution >= 4 is 0 Å². The lowest BCUT2D eigenvalue weighted by Crippen LogP contribution is -2.08. The topological polar surface area (TPSA) is 9.23 Å². The van der Waals surface area contributed by atoms with E-state index in [0.29, 0.717) is 6.10 Å². The Kier molecular flexibility index (Phi) is 1.89. The zero-order valence-electron chi connectivity index (χ0n) is 7.63. The first-order chi connectivity index (χ1) is 5.79. The molecular weight excluding hydrogens is 148 g/mol. The number of rotatable bonds is 1. The average Bonchev–Trinajstić information content (AvgIpc) is 2.46. The fourth-order valence-electron chi connectivity index (χ4n) is 1.87. The molecule has 1 aliphatic carbocycles. The minimum atomic E-state index is 0.418. The predicted octanol–water partition coefficient (Wildman–Crippen LogP) is 2.11. The van der Waals surface area contributed by atoms with E-state index in [1.54, 1.807) is 7.11 Å². The summed E-state index contributed by atoms with van der Waals surface area (Å²) in [5.74, 6) is 0. The molecule has 0 heterocycles. The van der Waals surface area contributed by atoms with Gasteiger partial charge in [0.05, 0.1) is 6.10 Å². The first kappa shape index (κ1) is 7.81. The van der Waals surface area contributed by atoms with E-state index in [1.807, 2.05) is 0 Å². The van der Waals surface area contributed by atoms with Crippen molar-refractivity contribution in [2.45, 2.75) is 25.9 Å². The second-order valence-electron chi connectivity index (χ2n) is 3.54. The molecule has 0 bridgehead atoms. The van der Waals surface area contributed by atoms with Gasteiger partial charge in [-0.05, 0) is 30.9 Å². The van der Waals surface area contributed by atoms with Crippen molar-refractivity contribution in [3.05, 3.63) is 34.9 Å². The zero-order valence-corrected chi connectivity index (χ0v) is 7.63. The number of hydrogen-bond donors (Lipinski definition) is 0. The Morgan fingerprint density at radius 3 is 2.75 bits per heavy atom. The van der Waals surface area contributed by atoms with E-state index < -0.39 is 0 Å². The average molecular weight is 162 g/mol. The fourth-order valence-corrected chi connectivity index (χ4v) is 1.87. The summed E-state index contributed by atoms with van der Waals surface area (Å²) in [6.07, 6.45) is 2.60. The molecule has 1 unspecified atom stereocenters. The Morgan fingerprint density at radius 1 is 1.25 bits per heavy atom. The molecule has 0 spiro atoms. The zero-order chi connectivity index (χ0) is 8.55. The van der Waals surface area contributed by atoms with Gasteiger partial charge >= 0.3 is 0 Å². The van der Waals surface area contributed by atoms with Gasteiger partial charge in [-0.3, -0.25) is 0 Å². The monoisotopic (exact) mass is 162 g/mol. The van der Waals surface area contributed by atoms with Gasteiger partial charge in [-0.15, -0.1) is 0 Å². The van der Waals surface area contributed by atoms with E-state index >= 15 is 0 Å². The Morgan fingerprint density at radius 2 is 2.00 bits per heavy atom. The molecule has 1 aromatic carbocycles. The maximum absolute atomic E-state index is 5.33. The van der Waals surface area contributed by atoms with Crippen LogP contribution in [0.4, 0.5) is 0 Å². The highest BCUT2D eigenvalue weighted by Gasteiger charge is 2.20. The number of fused-ring (bicyclic) bond motifs is 1. The third-order valence-electron chi connectivity index (χ3n) is 2.59. The number of methoxy groups -OCH3 is 1. The van der Waals surface area contributed by atoms with E-state index in [2.05, 4.69) is 25.1 Å². The maximum atomic E-state index is 5.33. The van der Waals surface area contributed by atoms with E-state index in [0.717, 1.165) is 12.8 Å². The number of ether oxygens (including phenoxy) is 1. The van der Waals surface area contributed by atoms with Crippen LogP contribution in [-0.4, -0.2) is 13.2 Å². The number of hydrogen-bond acceptors (Lipinski definition) is 1. The van der Waals surface area contributed by atoms with Gasteiger partial charge in [0.25, 0.3) is 0 Å². The third kappa shape index (κ3) is 1.25. The smallest absolute Gasteiger partial charge is 0.0652 e. The van der Waals surface area contributed by atoms with Crippen molar-refractivity contribution in [2.75, 3.05) is 7.11 Å². The van der Waals surface area contributed by atoms with Crippen LogP contribution in [0.25, 0.3) is 0 Å². The molecule has 1 atom stereocenters. The molecule has 12 heavy (non-hydrogen) atoms. The van der Waals surface area contributed by atoms with Crippen LogP contribution in [0.15, 0.2) is 18.2 Å². The molecule has 0 fully saturated rings. The first-order valence-electron chi connectivity index (χ1n) is 4.41. The molecule has 1 heteroatoms. The summed E-state index contributed by atoms with van der Waals surface area (Å²) < 4.78 is 5.33. The molecule has 0 N–H and O–H groups in total. The molecule has 0 saturated carbocycles. The lowest BCUT2D eigenvalue weighted by atomic mass is 10.1. The molecule has 0 aromatic heterocycles. The van der Waals surface area contributed by atoms with Crippen LogP contribution in [0.2, 0.25) is 0 Å².